The number of ether oxygens (including phenoxy) is 2. The fourth-order valence-electron chi connectivity index (χ4n) is 1.58. The van der Waals surface area contributed by atoms with Crippen LogP contribution >= 0.6 is 11.8 Å². The highest BCUT2D eigenvalue weighted by Crippen LogP contribution is 2.34. The molecule has 0 aliphatic heterocycles. The molecule has 0 atom stereocenters. The minimum Gasteiger partial charge on any atom is -0.493 e. The second-order valence-corrected chi connectivity index (χ2v) is 4.40. The molecule has 0 spiro atoms. The van der Waals surface area contributed by atoms with E-state index in [4.69, 9.17) is 9.47 Å². The van der Waals surface area contributed by atoms with Crippen molar-refractivity contribution < 1.29 is 9.47 Å². The van der Waals surface area contributed by atoms with Gasteiger partial charge in [0.15, 0.2) is 11.5 Å². The van der Waals surface area contributed by atoms with E-state index in [0.29, 0.717) is 6.54 Å². The van der Waals surface area contributed by atoms with Gasteiger partial charge in [0.2, 0.25) is 0 Å². The van der Waals surface area contributed by atoms with E-state index in [9.17, 15) is 0 Å². The van der Waals surface area contributed by atoms with E-state index in [1.807, 2.05) is 19.1 Å². The number of thioether (sulfide) groups is 1. The van der Waals surface area contributed by atoms with Gasteiger partial charge in [0.05, 0.1) is 20.8 Å². The first-order valence-corrected chi connectivity index (χ1v) is 6.88. The van der Waals surface area contributed by atoms with Gasteiger partial charge in [0.1, 0.15) is 0 Å². The average molecular weight is 265 g/mol. The van der Waals surface area contributed by atoms with Crippen molar-refractivity contribution in [3.63, 3.8) is 0 Å². The quantitative estimate of drug-likeness (QED) is 0.486. The Morgan fingerprint density at radius 3 is 2.44 bits per heavy atom. The Hall–Kier alpha value is -1.31. The molecule has 4 heteroatoms. The summed E-state index contributed by atoms with van der Waals surface area (Å²) in [6.07, 6.45) is 2.05. The molecule has 0 heterocycles. The van der Waals surface area contributed by atoms with Crippen molar-refractivity contribution in [2.45, 2.75) is 18.4 Å². The molecular formula is C14H19NO2S. The van der Waals surface area contributed by atoms with Gasteiger partial charge in [-0.1, -0.05) is 5.92 Å². The van der Waals surface area contributed by atoms with Crippen LogP contribution in [0.1, 0.15) is 12.5 Å². The lowest BCUT2D eigenvalue weighted by Gasteiger charge is -2.13. The SMILES string of the molecule is CC#CCNCc1cc(OC)c(OC)cc1SC. The molecule has 3 nitrogen and oxygen atoms in total. The van der Waals surface area contributed by atoms with Gasteiger partial charge in [-0.15, -0.1) is 17.7 Å². The van der Waals surface area contributed by atoms with Crippen LogP contribution in [0, 0.1) is 11.8 Å². The molecule has 0 bridgehead atoms. The normalized spacial score (nSPS) is 9.56. The zero-order chi connectivity index (χ0) is 13.4. The zero-order valence-corrected chi connectivity index (χ0v) is 12.1. The lowest BCUT2D eigenvalue weighted by Crippen LogP contribution is -2.14. The van der Waals surface area contributed by atoms with E-state index in [1.165, 1.54) is 10.5 Å². The molecule has 18 heavy (non-hydrogen) atoms. The van der Waals surface area contributed by atoms with Crippen molar-refractivity contribution in [2.24, 2.45) is 0 Å². The Bertz CT molecular complexity index is 449. The van der Waals surface area contributed by atoms with Gasteiger partial charge in [-0.3, -0.25) is 0 Å². The summed E-state index contributed by atoms with van der Waals surface area (Å²) < 4.78 is 10.6. The average Bonchev–Trinajstić information content (AvgIpc) is 2.42. The maximum absolute atomic E-state index is 5.31. The highest BCUT2D eigenvalue weighted by molar-refractivity contribution is 7.98. The van der Waals surface area contributed by atoms with Crippen LogP contribution in [0.4, 0.5) is 0 Å². The summed E-state index contributed by atoms with van der Waals surface area (Å²) in [6.45, 7) is 3.30. The molecule has 0 saturated heterocycles. The molecule has 1 aromatic rings. The Morgan fingerprint density at radius 1 is 1.22 bits per heavy atom. The molecule has 98 valence electrons. The maximum atomic E-state index is 5.31. The largest absolute Gasteiger partial charge is 0.493 e. The summed E-state index contributed by atoms with van der Waals surface area (Å²) in [5.41, 5.74) is 1.19. The maximum Gasteiger partial charge on any atom is 0.161 e. The van der Waals surface area contributed by atoms with Crippen LogP contribution in [0.3, 0.4) is 0 Å². The van der Waals surface area contributed by atoms with Gasteiger partial charge < -0.3 is 14.8 Å². The van der Waals surface area contributed by atoms with E-state index < -0.39 is 0 Å². The third kappa shape index (κ3) is 3.86. The predicted molar refractivity (Wildman–Crippen MR) is 76.5 cm³/mol. The summed E-state index contributed by atoms with van der Waals surface area (Å²) in [5, 5.41) is 3.28. The summed E-state index contributed by atoms with van der Waals surface area (Å²) in [5.74, 6) is 7.37. The number of benzene rings is 1. The van der Waals surface area contributed by atoms with Crippen LogP contribution in [-0.2, 0) is 6.54 Å². The number of hydrogen-bond acceptors (Lipinski definition) is 4. The van der Waals surface area contributed by atoms with E-state index in [2.05, 4.69) is 23.4 Å². The Balaban J connectivity index is 2.89. The first-order valence-electron chi connectivity index (χ1n) is 5.66. The van der Waals surface area contributed by atoms with Crippen LogP contribution in [0.25, 0.3) is 0 Å². The Labute approximate surface area is 113 Å². The zero-order valence-electron chi connectivity index (χ0n) is 11.3. The van der Waals surface area contributed by atoms with E-state index in [-0.39, 0.29) is 0 Å². The van der Waals surface area contributed by atoms with Crippen molar-refractivity contribution in [3.8, 4) is 23.3 Å². The summed E-state index contributed by atoms with van der Waals surface area (Å²) in [7, 11) is 3.30. The minimum absolute atomic E-state index is 0.693. The van der Waals surface area contributed by atoms with E-state index in [1.54, 1.807) is 26.0 Å². The van der Waals surface area contributed by atoms with E-state index in [0.717, 1.165) is 18.0 Å². The summed E-state index contributed by atoms with van der Waals surface area (Å²) >= 11 is 1.70. The Kier molecular flexibility index (Phi) is 6.48. The van der Waals surface area contributed by atoms with Gasteiger partial charge in [0, 0.05) is 11.4 Å². The third-order valence-electron chi connectivity index (χ3n) is 2.49. The molecule has 1 N–H and O–H groups in total. The first kappa shape index (κ1) is 14.7. The number of hydrogen-bond donors (Lipinski definition) is 1. The number of rotatable bonds is 6. The van der Waals surface area contributed by atoms with Crippen molar-refractivity contribution in [1.29, 1.82) is 0 Å². The van der Waals surface area contributed by atoms with Crippen molar-refractivity contribution in [2.75, 3.05) is 27.0 Å². The molecule has 0 aliphatic rings. The fourth-order valence-corrected chi connectivity index (χ4v) is 2.20. The first-order chi connectivity index (χ1) is 8.76. The molecule has 0 fully saturated rings. The monoisotopic (exact) mass is 265 g/mol. The number of nitrogens with one attached hydrogen (secondary N) is 1. The highest BCUT2D eigenvalue weighted by Gasteiger charge is 2.10. The lowest BCUT2D eigenvalue weighted by atomic mass is 10.2. The molecule has 1 aromatic carbocycles. The molecule has 0 aromatic heterocycles. The molecule has 0 amide bonds. The molecule has 0 unspecified atom stereocenters. The second kappa shape index (κ2) is 7.91. The second-order valence-electron chi connectivity index (χ2n) is 3.55. The summed E-state index contributed by atoms with van der Waals surface area (Å²) in [6, 6.07) is 4.02. The molecule has 0 saturated carbocycles. The van der Waals surface area contributed by atoms with Crippen LogP contribution in [-0.4, -0.2) is 27.0 Å². The van der Waals surface area contributed by atoms with Crippen molar-refractivity contribution >= 4 is 11.8 Å². The van der Waals surface area contributed by atoms with Gasteiger partial charge in [-0.25, -0.2) is 0 Å². The molecule has 1 rings (SSSR count). The van der Waals surface area contributed by atoms with Crippen LogP contribution < -0.4 is 14.8 Å². The topological polar surface area (TPSA) is 30.5 Å². The van der Waals surface area contributed by atoms with Crippen molar-refractivity contribution in [1.82, 2.24) is 5.32 Å². The fraction of sp³-hybridized carbons (Fsp3) is 0.429. The van der Waals surface area contributed by atoms with Crippen molar-refractivity contribution in [3.05, 3.63) is 17.7 Å². The van der Waals surface area contributed by atoms with Gasteiger partial charge in [-0.05, 0) is 30.9 Å². The Morgan fingerprint density at radius 2 is 1.89 bits per heavy atom. The smallest absolute Gasteiger partial charge is 0.161 e. The van der Waals surface area contributed by atoms with Crippen LogP contribution in [0.15, 0.2) is 17.0 Å². The minimum atomic E-state index is 0.693. The number of methoxy groups -OCH3 is 2. The van der Waals surface area contributed by atoms with Gasteiger partial charge >= 0.3 is 0 Å². The summed E-state index contributed by atoms with van der Waals surface area (Å²) in [4.78, 5) is 1.18. The molecule has 0 radical (unpaired) electrons. The van der Waals surface area contributed by atoms with Crippen LogP contribution in [0.2, 0.25) is 0 Å². The lowest BCUT2D eigenvalue weighted by molar-refractivity contribution is 0.353. The predicted octanol–water partition coefficient (Wildman–Crippen LogP) is 2.54. The van der Waals surface area contributed by atoms with Gasteiger partial charge in [0.25, 0.3) is 0 Å². The molecule has 0 aliphatic carbocycles. The molecular weight excluding hydrogens is 246 g/mol. The van der Waals surface area contributed by atoms with Gasteiger partial charge in [-0.2, -0.15) is 0 Å². The van der Waals surface area contributed by atoms with Crippen LogP contribution in [0.5, 0.6) is 11.5 Å². The third-order valence-corrected chi connectivity index (χ3v) is 3.31. The standard InChI is InChI=1S/C14H19NO2S/c1-5-6-7-15-10-11-8-12(16-2)13(17-3)9-14(11)18-4/h8-9,15H,7,10H2,1-4H3. The highest BCUT2D eigenvalue weighted by atomic mass is 32.2. The van der Waals surface area contributed by atoms with E-state index >= 15 is 0 Å².